The SMILES string of the molecule is C[C@H]1CC[C@@](CO)(N(C)Cc2ccc(CO)cc2)C1. The third-order valence-corrected chi connectivity index (χ3v) is 4.56. The Bertz CT molecular complexity index is 404. The molecule has 106 valence electrons. The molecule has 1 aliphatic carbocycles. The van der Waals surface area contributed by atoms with Gasteiger partial charge in [0.2, 0.25) is 0 Å². The summed E-state index contributed by atoms with van der Waals surface area (Å²) >= 11 is 0. The predicted molar refractivity (Wildman–Crippen MR) is 76.7 cm³/mol. The second-order valence-electron chi connectivity index (χ2n) is 6.06. The summed E-state index contributed by atoms with van der Waals surface area (Å²) in [5.74, 6) is 0.700. The van der Waals surface area contributed by atoms with Crippen LogP contribution in [0.2, 0.25) is 0 Å². The summed E-state index contributed by atoms with van der Waals surface area (Å²) in [5.41, 5.74) is 2.12. The van der Waals surface area contributed by atoms with Gasteiger partial charge in [0.1, 0.15) is 0 Å². The quantitative estimate of drug-likeness (QED) is 0.855. The summed E-state index contributed by atoms with van der Waals surface area (Å²) in [4.78, 5) is 2.30. The topological polar surface area (TPSA) is 43.7 Å². The summed E-state index contributed by atoms with van der Waals surface area (Å²) in [6, 6.07) is 8.05. The number of likely N-dealkylation sites (N-methyl/N-ethyl adjacent to an activating group) is 1. The fourth-order valence-electron chi connectivity index (χ4n) is 3.17. The summed E-state index contributed by atoms with van der Waals surface area (Å²) in [6.45, 7) is 3.44. The van der Waals surface area contributed by atoms with Crippen LogP contribution >= 0.6 is 0 Å². The summed E-state index contributed by atoms with van der Waals surface area (Å²) < 4.78 is 0. The normalized spacial score (nSPS) is 27.1. The first-order valence-electron chi connectivity index (χ1n) is 7.10. The number of aliphatic hydroxyl groups is 2. The maximum Gasteiger partial charge on any atom is 0.0681 e. The largest absolute Gasteiger partial charge is 0.394 e. The van der Waals surface area contributed by atoms with Gasteiger partial charge in [-0.1, -0.05) is 31.2 Å². The average Bonchev–Trinajstić information content (AvgIpc) is 2.82. The summed E-state index contributed by atoms with van der Waals surface area (Å²) in [7, 11) is 2.11. The minimum absolute atomic E-state index is 0.0466. The van der Waals surface area contributed by atoms with E-state index >= 15 is 0 Å². The molecule has 0 amide bonds. The Balaban J connectivity index is 2.04. The van der Waals surface area contributed by atoms with Gasteiger partial charge in [-0.05, 0) is 43.4 Å². The lowest BCUT2D eigenvalue weighted by Crippen LogP contribution is -2.47. The maximum absolute atomic E-state index is 9.79. The molecule has 1 aromatic rings. The van der Waals surface area contributed by atoms with Gasteiger partial charge in [-0.3, -0.25) is 4.90 Å². The Hall–Kier alpha value is -0.900. The van der Waals surface area contributed by atoms with Crippen LogP contribution in [0, 0.1) is 5.92 Å². The third kappa shape index (κ3) is 3.16. The first-order chi connectivity index (χ1) is 9.09. The van der Waals surface area contributed by atoms with Crippen LogP contribution in [0.1, 0.15) is 37.3 Å². The lowest BCUT2D eigenvalue weighted by molar-refractivity contribution is 0.0457. The fraction of sp³-hybridized carbons (Fsp3) is 0.625. The van der Waals surface area contributed by atoms with Crippen LogP contribution < -0.4 is 0 Å². The van der Waals surface area contributed by atoms with E-state index in [4.69, 9.17) is 5.11 Å². The van der Waals surface area contributed by atoms with Crippen LogP contribution in [-0.2, 0) is 13.2 Å². The van der Waals surface area contributed by atoms with E-state index in [1.54, 1.807) is 0 Å². The first-order valence-corrected chi connectivity index (χ1v) is 7.10. The monoisotopic (exact) mass is 263 g/mol. The van der Waals surface area contributed by atoms with Crippen molar-refractivity contribution < 1.29 is 10.2 Å². The summed E-state index contributed by atoms with van der Waals surface area (Å²) in [6.07, 6.45) is 3.36. The van der Waals surface area contributed by atoms with E-state index in [1.807, 2.05) is 12.1 Å². The molecule has 0 unspecified atom stereocenters. The van der Waals surface area contributed by atoms with E-state index in [9.17, 15) is 5.11 Å². The molecule has 1 saturated carbocycles. The van der Waals surface area contributed by atoms with E-state index in [-0.39, 0.29) is 18.8 Å². The van der Waals surface area contributed by atoms with Crippen molar-refractivity contribution >= 4 is 0 Å². The van der Waals surface area contributed by atoms with E-state index in [2.05, 4.69) is 31.0 Å². The molecular weight excluding hydrogens is 238 g/mol. The van der Waals surface area contributed by atoms with Crippen LogP contribution in [0.25, 0.3) is 0 Å². The molecule has 0 aromatic heterocycles. The van der Waals surface area contributed by atoms with E-state index in [0.717, 1.165) is 24.9 Å². The minimum Gasteiger partial charge on any atom is -0.394 e. The first kappa shape index (κ1) is 14.5. The van der Waals surface area contributed by atoms with Gasteiger partial charge in [0.15, 0.2) is 0 Å². The molecule has 0 saturated heterocycles. The molecule has 19 heavy (non-hydrogen) atoms. The molecule has 0 radical (unpaired) electrons. The second kappa shape index (κ2) is 6.04. The number of aliphatic hydroxyl groups excluding tert-OH is 2. The highest BCUT2D eigenvalue weighted by molar-refractivity contribution is 5.22. The van der Waals surface area contributed by atoms with Crippen molar-refractivity contribution in [3.8, 4) is 0 Å². The molecule has 2 rings (SSSR count). The Kier molecular flexibility index (Phi) is 4.61. The lowest BCUT2D eigenvalue weighted by atomic mass is 9.94. The van der Waals surface area contributed by atoms with E-state index in [1.165, 1.54) is 12.0 Å². The minimum atomic E-state index is -0.0466. The predicted octanol–water partition coefficient (Wildman–Crippen LogP) is 2.16. The highest BCUT2D eigenvalue weighted by atomic mass is 16.3. The second-order valence-corrected chi connectivity index (χ2v) is 6.06. The van der Waals surface area contributed by atoms with Crippen molar-refractivity contribution in [1.82, 2.24) is 4.90 Å². The van der Waals surface area contributed by atoms with Gasteiger partial charge in [0, 0.05) is 12.1 Å². The van der Waals surface area contributed by atoms with Crippen molar-refractivity contribution in [2.45, 2.75) is 44.9 Å². The molecule has 1 aromatic carbocycles. The molecule has 0 bridgehead atoms. The Morgan fingerprint density at radius 2 is 1.84 bits per heavy atom. The zero-order chi connectivity index (χ0) is 13.9. The van der Waals surface area contributed by atoms with Gasteiger partial charge in [0.05, 0.1) is 13.2 Å². The number of nitrogens with zero attached hydrogens (tertiary/aromatic N) is 1. The van der Waals surface area contributed by atoms with Crippen molar-refractivity contribution in [2.24, 2.45) is 5.92 Å². The zero-order valence-corrected chi connectivity index (χ0v) is 12.0. The zero-order valence-electron chi connectivity index (χ0n) is 12.0. The average molecular weight is 263 g/mol. The Labute approximate surface area is 115 Å². The molecule has 2 N–H and O–H groups in total. The van der Waals surface area contributed by atoms with Gasteiger partial charge in [0.25, 0.3) is 0 Å². The van der Waals surface area contributed by atoms with Crippen LogP contribution in [0.15, 0.2) is 24.3 Å². The van der Waals surface area contributed by atoms with Crippen molar-refractivity contribution in [2.75, 3.05) is 13.7 Å². The molecule has 1 aliphatic rings. The number of hydrogen-bond donors (Lipinski definition) is 2. The number of rotatable bonds is 5. The van der Waals surface area contributed by atoms with Crippen LogP contribution in [0.3, 0.4) is 0 Å². The van der Waals surface area contributed by atoms with E-state index < -0.39 is 0 Å². The van der Waals surface area contributed by atoms with Crippen LogP contribution in [0.5, 0.6) is 0 Å². The van der Waals surface area contributed by atoms with Crippen LogP contribution in [0.4, 0.5) is 0 Å². The molecular formula is C16H25NO2. The maximum atomic E-state index is 9.79. The molecule has 3 nitrogen and oxygen atoms in total. The van der Waals surface area contributed by atoms with Gasteiger partial charge in [-0.15, -0.1) is 0 Å². The van der Waals surface area contributed by atoms with Gasteiger partial charge in [-0.25, -0.2) is 0 Å². The number of hydrogen-bond acceptors (Lipinski definition) is 3. The van der Waals surface area contributed by atoms with Crippen molar-refractivity contribution in [1.29, 1.82) is 0 Å². The molecule has 0 spiro atoms. The van der Waals surface area contributed by atoms with Gasteiger partial charge in [-0.2, -0.15) is 0 Å². The molecule has 0 aliphatic heterocycles. The standard InChI is InChI=1S/C16H25NO2/c1-13-7-8-16(9-13,12-19)17(2)10-14-3-5-15(11-18)6-4-14/h3-6,13,18-19H,7-12H2,1-2H3/t13-,16+/m0/s1. The number of benzene rings is 1. The third-order valence-electron chi connectivity index (χ3n) is 4.56. The highest BCUT2D eigenvalue weighted by Gasteiger charge is 2.40. The van der Waals surface area contributed by atoms with Crippen LogP contribution in [-0.4, -0.2) is 34.3 Å². The fourth-order valence-corrected chi connectivity index (χ4v) is 3.17. The summed E-state index contributed by atoms with van der Waals surface area (Å²) in [5, 5.41) is 18.8. The molecule has 0 heterocycles. The molecule has 3 heteroatoms. The van der Waals surface area contributed by atoms with Crippen molar-refractivity contribution in [3.63, 3.8) is 0 Å². The van der Waals surface area contributed by atoms with E-state index in [0.29, 0.717) is 5.92 Å². The van der Waals surface area contributed by atoms with Crippen molar-refractivity contribution in [3.05, 3.63) is 35.4 Å². The Morgan fingerprint density at radius 3 is 2.32 bits per heavy atom. The van der Waals surface area contributed by atoms with Gasteiger partial charge >= 0.3 is 0 Å². The van der Waals surface area contributed by atoms with Gasteiger partial charge < -0.3 is 10.2 Å². The molecule has 2 atom stereocenters. The smallest absolute Gasteiger partial charge is 0.0681 e. The highest BCUT2D eigenvalue weighted by Crippen LogP contribution is 2.38. The lowest BCUT2D eigenvalue weighted by Gasteiger charge is -2.37. The molecule has 1 fully saturated rings. The Morgan fingerprint density at radius 1 is 1.21 bits per heavy atom.